The molecule has 0 unspecified atom stereocenters. The summed E-state index contributed by atoms with van der Waals surface area (Å²) in [4.78, 5) is 39.9. The fraction of sp³-hybridized carbons (Fsp3) is 0.467. The lowest BCUT2D eigenvalue weighted by Crippen LogP contribution is -2.48. The largest absolute Gasteiger partial charge is 0.437 e. The van der Waals surface area contributed by atoms with Crippen molar-refractivity contribution in [1.82, 2.24) is 25.1 Å². The summed E-state index contributed by atoms with van der Waals surface area (Å²) < 4.78 is 6.36. The summed E-state index contributed by atoms with van der Waals surface area (Å²) in [6.07, 6.45) is 1.94. The Bertz CT molecular complexity index is 1350. The van der Waals surface area contributed by atoms with Crippen LogP contribution in [0.25, 0.3) is 11.5 Å². The van der Waals surface area contributed by atoms with Gasteiger partial charge in [0.25, 0.3) is 5.91 Å². The summed E-state index contributed by atoms with van der Waals surface area (Å²) in [5.41, 5.74) is 4.65. The molecule has 0 saturated heterocycles. The number of likely N-dealkylation sites (N-methyl/N-ethyl adjacent to an activating group) is 1. The average molecular weight is 551 g/mol. The number of rotatable bonds is 11. The molecule has 0 fully saturated rings. The van der Waals surface area contributed by atoms with Crippen molar-refractivity contribution in [1.29, 1.82) is 0 Å². The minimum atomic E-state index is -0.541. The van der Waals surface area contributed by atoms with E-state index in [2.05, 4.69) is 36.4 Å². The molecule has 40 heavy (non-hydrogen) atoms. The van der Waals surface area contributed by atoms with Crippen LogP contribution in [0, 0.1) is 12.8 Å². The molecule has 2 aromatic carbocycles. The van der Waals surface area contributed by atoms with Gasteiger partial charge in [0.05, 0.1) is 13.1 Å². The highest BCUT2D eigenvalue weighted by molar-refractivity contribution is 5.87. The monoisotopic (exact) mass is 550 g/mol. The molecule has 0 saturated carbocycles. The highest BCUT2D eigenvalue weighted by Gasteiger charge is 2.27. The zero-order valence-corrected chi connectivity index (χ0v) is 23.4. The molecule has 0 bridgehead atoms. The third-order valence-electron chi connectivity index (χ3n) is 7.02. The molecule has 3 aromatic rings. The maximum atomic E-state index is 13.5. The molecule has 0 spiro atoms. The number of anilines is 1. The first-order valence-electron chi connectivity index (χ1n) is 13.4. The molecule has 10 nitrogen and oxygen atoms in total. The summed E-state index contributed by atoms with van der Waals surface area (Å²) in [5, 5.41) is 10.8. The van der Waals surface area contributed by atoms with Gasteiger partial charge in [0.2, 0.25) is 11.8 Å². The molecule has 1 aromatic heterocycles. The van der Waals surface area contributed by atoms with E-state index in [1.165, 1.54) is 18.2 Å². The minimum Gasteiger partial charge on any atom is -0.388 e. The number of fused-ring (bicyclic) bond motifs is 1. The van der Waals surface area contributed by atoms with Crippen LogP contribution in [0.5, 0.6) is 0 Å². The Morgan fingerprint density at radius 3 is 2.35 bits per heavy atom. The van der Waals surface area contributed by atoms with Gasteiger partial charge in [-0.05, 0) is 60.6 Å². The van der Waals surface area contributed by atoms with E-state index in [0.717, 1.165) is 28.8 Å². The van der Waals surface area contributed by atoms with Gasteiger partial charge in [-0.15, -0.1) is 5.10 Å². The van der Waals surface area contributed by atoms with E-state index in [1.54, 1.807) is 23.0 Å². The number of carbonyl (C=O) groups excluding carboxylic acids is 2. The standard InChI is InChI=1S/C29H38N6O4.CH4/c1-20(2)9-8-14-30-26(36)18-34(19-27(37)33(5)35-16-23-10-6-7-11-24(23)17-35)25-13-12-22(15-21(25)3)28-31-32(4)29(38)39-28;/h6-7,10-13,15,20H,8-9,14,16-19H2,1-5H3,(H,30,36);1H4. The maximum absolute atomic E-state index is 13.5. The fourth-order valence-corrected chi connectivity index (χ4v) is 4.75. The molecule has 4 rings (SSSR count). The predicted molar refractivity (Wildman–Crippen MR) is 156 cm³/mol. The van der Waals surface area contributed by atoms with Crippen LogP contribution in [0.4, 0.5) is 5.69 Å². The Labute approximate surface area is 236 Å². The van der Waals surface area contributed by atoms with Crippen molar-refractivity contribution in [3.63, 3.8) is 0 Å². The summed E-state index contributed by atoms with van der Waals surface area (Å²) in [6.45, 7) is 8.22. The molecule has 1 aliphatic heterocycles. The van der Waals surface area contributed by atoms with Crippen LogP contribution in [0.2, 0.25) is 0 Å². The number of hydrazine groups is 1. The van der Waals surface area contributed by atoms with E-state index in [1.807, 2.05) is 36.2 Å². The van der Waals surface area contributed by atoms with Crippen molar-refractivity contribution in [2.45, 2.75) is 54.1 Å². The summed E-state index contributed by atoms with van der Waals surface area (Å²) >= 11 is 0. The number of aryl methyl sites for hydroxylation is 2. The molecular weight excluding hydrogens is 508 g/mol. The van der Waals surface area contributed by atoms with E-state index in [-0.39, 0.29) is 38.2 Å². The molecule has 2 amide bonds. The van der Waals surface area contributed by atoms with Gasteiger partial charge in [-0.1, -0.05) is 45.5 Å². The van der Waals surface area contributed by atoms with Gasteiger partial charge in [0.15, 0.2) is 0 Å². The average Bonchev–Trinajstić information content (AvgIpc) is 3.48. The quantitative estimate of drug-likeness (QED) is 0.363. The number of aromatic nitrogens is 2. The zero-order chi connectivity index (χ0) is 28.1. The van der Waals surface area contributed by atoms with Gasteiger partial charge in [0.1, 0.15) is 0 Å². The number of amides is 2. The Hall–Kier alpha value is -3.92. The summed E-state index contributed by atoms with van der Waals surface area (Å²) in [6, 6.07) is 13.6. The molecule has 0 atom stereocenters. The Kier molecular flexibility index (Phi) is 10.3. The van der Waals surface area contributed by atoms with Crippen LogP contribution < -0.4 is 16.0 Å². The highest BCUT2D eigenvalue weighted by Crippen LogP contribution is 2.27. The third-order valence-corrected chi connectivity index (χ3v) is 7.02. The number of benzene rings is 2. The van der Waals surface area contributed by atoms with Crippen LogP contribution >= 0.6 is 0 Å². The minimum absolute atomic E-state index is 0. The zero-order valence-electron chi connectivity index (χ0n) is 23.4. The Balaban J connectivity index is 0.00000441. The van der Waals surface area contributed by atoms with Crippen LogP contribution in [0.15, 0.2) is 51.7 Å². The number of hydrogen-bond acceptors (Lipinski definition) is 7. The van der Waals surface area contributed by atoms with Gasteiger partial charge in [0, 0.05) is 45.0 Å². The lowest BCUT2D eigenvalue weighted by Gasteiger charge is -2.32. The molecule has 0 aliphatic carbocycles. The summed E-state index contributed by atoms with van der Waals surface area (Å²) in [7, 11) is 3.30. The van der Waals surface area contributed by atoms with Gasteiger partial charge < -0.3 is 14.6 Å². The number of nitrogens with zero attached hydrogens (tertiary/aromatic N) is 5. The maximum Gasteiger partial charge on any atom is 0.437 e. The van der Waals surface area contributed by atoms with Crippen molar-refractivity contribution in [2.24, 2.45) is 13.0 Å². The Morgan fingerprint density at radius 2 is 1.77 bits per heavy atom. The second-order valence-electron chi connectivity index (χ2n) is 10.5. The normalized spacial score (nSPS) is 12.7. The van der Waals surface area contributed by atoms with Crippen LogP contribution in [-0.2, 0) is 29.7 Å². The second-order valence-corrected chi connectivity index (χ2v) is 10.5. The van der Waals surface area contributed by atoms with Crippen LogP contribution in [0.1, 0.15) is 50.8 Å². The number of nitrogens with one attached hydrogen (secondary N) is 1. The Morgan fingerprint density at radius 1 is 1.10 bits per heavy atom. The first-order chi connectivity index (χ1) is 18.6. The SMILES string of the molecule is C.Cc1cc(-c2nn(C)c(=O)o2)ccc1N(CC(=O)NCCCC(C)C)CC(=O)N(C)N1Cc2ccccc2C1. The van der Waals surface area contributed by atoms with Gasteiger partial charge in [-0.25, -0.2) is 9.80 Å². The van der Waals surface area contributed by atoms with Crippen molar-refractivity contribution < 1.29 is 14.0 Å². The fourth-order valence-electron chi connectivity index (χ4n) is 4.75. The smallest absolute Gasteiger partial charge is 0.388 e. The van der Waals surface area contributed by atoms with Crippen LogP contribution in [0.3, 0.4) is 0 Å². The van der Waals surface area contributed by atoms with Crippen molar-refractivity contribution in [3.8, 4) is 11.5 Å². The molecule has 1 aliphatic rings. The molecular formula is C30H42N6O4. The van der Waals surface area contributed by atoms with Gasteiger partial charge in [-0.2, -0.15) is 4.68 Å². The van der Waals surface area contributed by atoms with Gasteiger partial charge >= 0.3 is 5.76 Å². The van der Waals surface area contributed by atoms with Crippen molar-refractivity contribution in [2.75, 3.05) is 31.6 Å². The van der Waals surface area contributed by atoms with E-state index in [4.69, 9.17) is 4.42 Å². The number of carbonyl (C=O) groups is 2. The van der Waals surface area contributed by atoms with E-state index < -0.39 is 5.76 Å². The topological polar surface area (TPSA) is 104 Å². The molecule has 10 heteroatoms. The summed E-state index contributed by atoms with van der Waals surface area (Å²) in [5.74, 6) is 0.000720. The number of hydrogen-bond donors (Lipinski definition) is 1. The first-order valence-corrected chi connectivity index (χ1v) is 13.4. The van der Waals surface area contributed by atoms with E-state index in [0.29, 0.717) is 31.1 Å². The molecule has 0 radical (unpaired) electrons. The van der Waals surface area contributed by atoms with E-state index in [9.17, 15) is 14.4 Å². The molecule has 2 heterocycles. The van der Waals surface area contributed by atoms with Crippen molar-refractivity contribution in [3.05, 3.63) is 69.7 Å². The van der Waals surface area contributed by atoms with Crippen molar-refractivity contribution >= 4 is 17.5 Å². The first kappa shape index (κ1) is 30.6. The molecule has 216 valence electrons. The van der Waals surface area contributed by atoms with Gasteiger partial charge in [-0.3, -0.25) is 14.6 Å². The lowest BCUT2D eigenvalue weighted by atomic mass is 10.1. The second kappa shape index (κ2) is 13.4. The van der Waals surface area contributed by atoms with E-state index >= 15 is 0 Å². The lowest BCUT2D eigenvalue weighted by molar-refractivity contribution is -0.145. The molecule has 1 N–H and O–H groups in total. The highest BCUT2D eigenvalue weighted by atomic mass is 16.4. The van der Waals surface area contributed by atoms with Crippen LogP contribution in [-0.4, -0.2) is 58.3 Å². The predicted octanol–water partition coefficient (Wildman–Crippen LogP) is 3.73. The third kappa shape index (κ3) is 7.38.